The van der Waals surface area contributed by atoms with Gasteiger partial charge < -0.3 is 29.6 Å². The number of hydrogen-bond acceptors (Lipinski definition) is 10. The van der Waals surface area contributed by atoms with Gasteiger partial charge in [-0.3, -0.25) is 4.90 Å². The average molecular weight is 572 g/mol. The fraction of sp³-hybridized carbons (Fsp3) is 0.387. The van der Waals surface area contributed by atoms with Gasteiger partial charge in [-0.25, -0.2) is 9.97 Å². The zero-order chi connectivity index (χ0) is 29.1. The average Bonchev–Trinajstić information content (AvgIpc) is 3.65. The minimum absolute atomic E-state index is 0.122. The molecule has 0 bridgehead atoms. The van der Waals surface area contributed by atoms with Crippen LogP contribution in [-0.4, -0.2) is 84.2 Å². The number of rotatable bonds is 10. The normalized spacial score (nSPS) is 17.4. The fourth-order valence-electron chi connectivity index (χ4n) is 5.36. The van der Waals surface area contributed by atoms with E-state index in [1.807, 2.05) is 43.3 Å². The van der Waals surface area contributed by atoms with E-state index in [2.05, 4.69) is 43.1 Å². The van der Waals surface area contributed by atoms with Gasteiger partial charge in [-0.15, -0.1) is 5.10 Å². The molecule has 1 saturated heterocycles. The van der Waals surface area contributed by atoms with Gasteiger partial charge in [0.15, 0.2) is 11.4 Å². The summed E-state index contributed by atoms with van der Waals surface area (Å²) < 4.78 is 23.9. The summed E-state index contributed by atoms with van der Waals surface area (Å²) in [5.41, 5.74) is 10.9. The van der Waals surface area contributed by atoms with E-state index < -0.39 is 0 Å². The summed E-state index contributed by atoms with van der Waals surface area (Å²) in [6.45, 7) is 7.68. The third-order valence-corrected chi connectivity index (χ3v) is 7.63. The van der Waals surface area contributed by atoms with Gasteiger partial charge in [-0.2, -0.15) is 4.52 Å². The van der Waals surface area contributed by atoms with Crippen LogP contribution in [0.1, 0.15) is 24.7 Å². The maximum Gasteiger partial charge on any atom is 0.223 e. The molecule has 11 nitrogen and oxygen atoms in total. The lowest BCUT2D eigenvalue weighted by molar-refractivity contribution is 0.146. The quantitative estimate of drug-likeness (QED) is 0.282. The smallest absolute Gasteiger partial charge is 0.223 e. The van der Waals surface area contributed by atoms with E-state index in [1.54, 1.807) is 18.7 Å². The van der Waals surface area contributed by atoms with E-state index in [1.165, 1.54) is 5.69 Å². The van der Waals surface area contributed by atoms with E-state index in [4.69, 9.17) is 24.7 Å². The van der Waals surface area contributed by atoms with Crippen molar-refractivity contribution in [1.82, 2.24) is 24.5 Å². The van der Waals surface area contributed by atoms with Gasteiger partial charge >= 0.3 is 0 Å². The van der Waals surface area contributed by atoms with Crippen LogP contribution >= 0.6 is 0 Å². The summed E-state index contributed by atoms with van der Waals surface area (Å²) >= 11 is 0. The molecule has 2 N–H and O–H groups in total. The Morgan fingerprint density at radius 3 is 2.50 bits per heavy atom. The van der Waals surface area contributed by atoms with Crippen LogP contribution in [0.4, 0.5) is 11.6 Å². The van der Waals surface area contributed by atoms with Crippen molar-refractivity contribution in [2.24, 2.45) is 0 Å². The van der Waals surface area contributed by atoms with Crippen LogP contribution in [0.25, 0.3) is 22.7 Å². The van der Waals surface area contributed by atoms with Crippen LogP contribution < -0.4 is 20.1 Å². The predicted octanol–water partition coefficient (Wildman–Crippen LogP) is 3.88. The van der Waals surface area contributed by atoms with Crippen LogP contribution in [0.3, 0.4) is 0 Å². The van der Waals surface area contributed by atoms with Crippen molar-refractivity contribution in [3.8, 4) is 22.8 Å². The second kappa shape index (κ2) is 12.3. The highest BCUT2D eigenvalue weighted by atomic mass is 16.5. The highest BCUT2D eigenvalue weighted by Crippen LogP contribution is 2.30. The number of hydrogen-bond donors (Lipinski definition) is 1. The number of nitrogens with two attached hydrogens (primary N) is 1. The Kier molecular flexibility index (Phi) is 8.11. The van der Waals surface area contributed by atoms with Gasteiger partial charge in [0.1, 0.15) is 18.1 Å². The summed E-state index contributed by atoms with van der Waals surface area (Å²) in [5, 5.41) is 4.52. The van der Waals surface area contributed by atoms with Crippen LogP contribution in [0.2, 0.25) is 0 Å². The first-order valence-electron chi connectivity index (χ1n) is 14.3. The zero-order valence-corrected chi connectivity index (χ0v) is 24.3. The minimum atomic E-state index is 0.122. The molecule has 2 aromatic carbocycles. The molecule has 4 aromatic rings. The molecular weight excluding hydrogens is 534 g/mol. The molecule has 4 heterocycles. The van der Waals surface area contributed by atoms with E-state index >= 15 is 0 Å². The highest BCUT2D eigenvalue weighted by molar-refractivity contribution is 5.68. The Labute approximate surface area is 245 Å². The number of ether oxygens (including phenoxy) is 4. The number of methoxy groups -OCH3 is 2. The summed E-state index contributed by atoms with van der Waals surface area (Å²) in [4.78, 5) is 14.2. The number of fused-ring (bicyclic) bond motifs is 1. The number of nitrogen functional groups attached to an aromatic ring is 1. The standard InChI is InChI=1S/C31H37N7O4/c1-21-4-10-28(42-21)30-34-29-19-26(33-31(32)38(29)35-30)22-5-11-27(40-3)23(18-22)20-36-12-14-37(15-13-36)24-6-8-25(9-7-24)41-17-16-39-2/h5-11,18-19,21H,4,12-17,20H2,1-3H3,(H2,32,33)/t21-/m1/s1. The Hall–Kier alpha value is -4.35. The van der Waals surface area contributed by atoms with Crippen molar-refractivity contribution < 1.29 is 18.9 Å². The molecule has 0 spiro atoms. The van der Waals surface area contributed by atoms with Crippen LogP contribution in [0.15, 0.2) is 54.6 Å². The first-order chi connectivity index (χ1) is 20.5. The second-order valence-electron chi connectivity index (χ2n) is 10.6. The fourth-order valence-corrected chi connectivity index (χ4v) is 5.36. The van der Waals surface area contributed by atoms with E-state index in [-0.39, 0.29) is 12.1 Å². The van der Waals surface area contributed by atoms with Crippen LogP contribution in [0, 0.1) is 0 Å². The molecule has 2 aliphatic heterocycles. The van der Waals surface area contributed by atoms with Gasteiger partial charge in [0, 0.05) is 69.1 Å². The summed E-state index contributed by atoms with van der Waals surface area (Å²) in [6.07, 6.45) is 2.97. The largest absolute Gasteiger partial charge is 0.496 e. The molecule has 1 fully saturated rings. The summed E-state index contributed by atoms with van der Waals surface area (Å²) in [5.74, 6) is 3.18. The third kappa shape index (κ3) is 5.97. The van der Waals surface area contributed by atoms with Gasteiger partial charge in [0.05, 0.1) is 25.5 Å². The molecule has 6 rings (SSSR count). The van der Waals surface area contributed by atoms with E-state index in [0.717, 1.165) is 67.5 Å². The zero-order valence-electron chi connectivity index (χ0n) is 24.3. The van der Waals surface area contributed by atoms with Gasteiger partial charge in [-0.05, 0) is 55.5 Å². The van der Waals surface area contributed by atoms with E-state index in [9.17, 15) is 0 Å². The summed E-state index contributed by atoms with van der Waals surface area (Å²) in [6, 6.07) is 16.3. The summed E-state index contributed by atoms with van der Waals surface area (Å²) in [7, 11) is 3.38. The molecule has 0 radical (unpaired) electrons. The molecule has 0 saturated carbocycles. The molecule has 2 aromatic heterocycles. The molecule has 2 aliphatic rings. The number of aromatic nitrogens is 4. The first-order valence-corrected chi connectivity index (χ1v) is 14.3. The number of benzene rings is 2. The molecule has 0 amide bonds. The molecule has 0 aliphatic carbocycles. The molecule has 1 atom stereocenters. The Morgan fingerprint density at radius 2 is 1.79 bits per heavy atom. The van der Waals surface area contributed by atoms with Crippen molar-refractivity contribution in [3.05, 3.63) is 66.0 Å². The number of anilines is 2. The lowest BCUT2D eigenvalue weighted by Gasteiger charge is -2.36. The number of nitrogens with zero attached hydrogens (tertiary/aromatic N) is 6. The maximum atomic E-state index is 6.31. The third-order valence-electron chi connectivity index (χ3n) is 7.63. The van der Waals surface area contributed by atoms with Gasteiger partial charge in [0.25, 0.3) is 0 Å². The van der Waals surface area contributed by atoms with Crippen LogP contribution in [-0.2, 0) is 16.0 Å². The topological polar surface area (TPSA) is 112 Å². The van der Waals surface area contributed by atoms with Crippen molar-refractivity contribution in [2.45, 2.75) is 26.0 Å². The first kappa shape index (κ1) is 27.8. The molecular formula is C31H37N7O4. The van der Waals surface area contributed by atoms with Crippen molar-refractivity contribution in [3.63, 3.8) is 0 Å². The minimum Gasteiger partial charge on any atom is -0.496 e. The predicted molar refractivity (Wildman–Crippen MR) is 162 cm³/mol. The van der Waals surface area contributed by atoms with Crippen LogP contribution in [0.5, 0.6) is 11.5 Å². The molecule has 220 valence electrons. The maximum absolute atomic E-state index is 6.31. The van der Waals surface area contributed by atoms with Crippen molar-refractivity contribution in [2.75, 3.05) is 64.2 Å². The second-order valence-corrected chi connectivity index (χ2v) is 10.6. The molecule has 42 heavy (non-hydrogen) atoms. The van der Waals surface area contributed by atoms with Gasteiger partial charge in [-0.1, -0.05) is 0 Å². The van der Waals surface area contributed by atoms with E-state index in [0.29, 0.717) is 30.4 Å². The highest BCUT2D eigenvalue weighted by Gasteiger charge is 2.22. The lowest BCUT2D eigenvalue weighted by Crippen LogP contribution is -2.46. The Morgan fingerprint density at radius 1 is 0.976 bits per heavy atom. The van der Waals surface area contributed by atoms with Crippen molar-refractivity contribution in [1.29, 1.82) is 0 Å². The Bertz CT molecular complexity index is 1560. The lowest BCUT2D eigenvalue weighted by atomic mass is 10.1. The Balaban J connectivity index is 1.14. The SMILES string of the molecule is COCCOc1ccc(N2CCN(Cc3cc(-c4cc5nc(C6=CC[C@@H](C)O6)nn5c(N)n4)ccc3OC)CC2)cc1. The van der Waals surface area contributed by atoms with Crippen molar-refractivity contribution >= 4 is 23.0 Å². The monoisotopic (exact) mass is 571 g/mol. The van der Waals surface area contributed by atoms with Gasteiger partial charge in [0.2, 0.25) is 11.8 Å². The number of piperazine rings is 1. The molecule has 11 heteroatoms. The molecule has 0 unspecified atom stereocenters.